The van der Waals surface area contributed by atoms with E-state index in [9.17, 15) is 83.4 Å². The number of piperidine rings is 4. The molecule has 3 saturated carbocycles. The number of ketones is 2. The summed E-state index contributed by atoms with van der Waals surface area (Å²) in [6.07, 6.45) is 11.2. The van der Waals surface area contributed by atoms with E-state index in [1.807, 2.05) is 116 Å². The Bertz CT molecular complexity index is 8080. The van der Waals surface area contributed by atoms with Crippen molar-refractivity contribution >= 4 is 137 Å². The van der Waals surface area contributed by atoms with Gasteiger partial charge in [-0.2, -0.15) is 10.5 Å². The Labute approximate surface area is 842 Å². The Morgan fingerprint density at radius 2 is 0.604 bits per heavy atom. The third-order valence-electron chi connectivity index (χ3n) is 28.5. The number of sulfonamides is 3. The maximum Gasteiger partial charge on any atom is 0.355 e. The van der Waals surface area contributed by atoms with Gasteiger partial charge in [0.25, 0.3) is 40.1 Å². The van der Waals surface area contributed by atoms with Crippen LogP contribution < -0.4 is 5.32 Å². The van der Waals surface area contributed by atoms with Gasteiger partial charge in [-0.15, -0.1) is 0 Å². The summed E-state index contributed by atoms with van der Waals surface area (Å²) in [4.78, 5) is 53.5. The Morgan fingerprint density at radius 1 is 0.354 bits per heavy atom. The summed E-state index contributed by atoms with van der Waals surface area (Å²) in [6, 6.07) is 51.0. The quantitative estimate of drug-likeness (QED) is 0.0240. The monoisotopic (exact) mass is 2090 g/mol. The van der Waals surface area contributed by atoms with Crippen LogP contribution in [0, 0.1) is 78.1 Å². The molecule has 0 amide bonds. The van der Waals surface area contributed by atoms with Crippen molar-refractivity contribution in [3.8, 4) is 12.1 Å². The second-order valence-corrected chi connectivity index (χ2v) is 52.8. The second-order valence-electron chi connectivity index (χ2n) is 39.0. The molecule has 7 fully saturated rings. The van der Waals surface area contributed by atoms with Gasteiger partial charge in [0, 0.05) is 81.1 Å². The van der Waals surface area contributed by atoms with E-state index in [1.54, 1.807) is 111 Å². The number of ether oxygens (including phenoxy) is 2. The Kier molecular flexibility index (Phi) is 30.4. The highest BCUT2D eigenvalue weighted by Crippen LogP contribution is 2.45. The topological polar surface area (TPSA) is 418 Å². The zero-order valence-electron chi connectivity index (χ0n) is 82.5. The summed E-state index contributed by atoms with van der Waals surface area (Å²) in [5.41, 5.74) is 12.9. The van der Waals surface area contributed by atoms with Crippen molar-refractivity contribution in [3.05, 3.63) is 271 Å². The van der Waals surface area contributed by atoms with Crippen LogP contribution in [0.1, 0.15) is 229 Å². The van der Waals surface area contributed by atoms with Crippen LogP contribution in [0.3, 0.4) is 0 Å². The van der Waals surface area contributed by atoms with Crippen LogP contribution in [0.25, 0.3) is 43.6 Å². The molecular formula is C106H119N11O20S7. The summed E-state index contributed by atoms with van der Waals surface area (Å²) in [7, 11) is -20.2. The fraction of sp³-hybridized carbons (Fsp3) is 0.396. The fourth-order valence-corrected chi connectivity index (χ4v) is 31.8. The third kappa shape index (κ3) is 21.2. The number of aryl methyl sites for hydroxylation is 8. The lowest BCUT2D eigenvalue weighted by Gasteiger charge is -2.32. The number of nitrogens with one attached hydrogen (secondary N) is 1. The number of aromatic nitrogens is 4. The molecule has 0 bridgehead atoms. The molecule has 7 aliphatic rings. The Hall–Kier alpha value is -11.8. The largest absolute Gasteiger partial charge is 0.464 e. The van der Waals surface area contributed by atoms with E-state index in [0.29, 0.717) is 127 Å². The number of carbonyl (C=O) groups is 4. The molecule has 38 heteroatoms. The van der Waals surface area contributed by atoms with Crippen molar-refractivity contribution in [1.82, 2.24) is 39.0 Å². The zero-order valence-corrected chi connectivity index (χ0v) is 88.3. The van der Waals surface area contributed by atoms with Gasteiger partial charge in [0.15, 0.2) is 5.78 Å². The van der Waals surface area contributed by atoms with Gasteiger partial charge < -0.3 is 19.7 Å². The van der Waals surface area contributed by atoms with Gasteiger partial charge in [-0.25, -0.2) is 97.3 Å². The number of rotatable bonds is 25. The zero-order chi connectivity index (χ0) is 104. The Balaban J connectivity index is 0.000000138. The van der Waals surface area contributed by atoms with E-state index in [-0.39, 0.29) is 81.4 Å². The fourth-order valence-electron chi connectivity index (χ4n) is 20.2. The predicted octanol–water partition coefficient (Wildman–Crippen LogP) is 16.3. The number of carbonyl (C=O) groups excluding carboxylic acids is 4. The smallest absolute Gasteiger partial charge is 0.355 e. The molecule has 8 aromatic carbocycles. The van der Waals surface area contributed by atoms with Crippen molar-refractivity contribution < 1.29 is 87.6 Å². The number of esters is 2. The molecule has 4 aromatic heterocycles. The molecule has 1 N–H and O–H groups in total. The number of fused-ring (bicyclic) bond motifs is 4. The van der Waals surface area contributed by atoms with E-state index in [0.717, 1.165) is 147 Å². The number of nitrogens with zero attached hydrogens (tertiary/aromatic N) is 10. The highest BCUT2D eigenvalue weighted by molar-refractivity contribution is 7.92. The van der Waals surface area contributed by atoms with Crippen LogP contribution in [-0.4, -0.2) is 213 Å². The van der Waals surface area contributed by atoms with E-state index in [4.69, 9.17) is 14.7 Å². The van der Waals surface area contributed by atoms with Crippen LogP contribution in [0.2, 0.25) is 0 Å². The van der Waals surface area contributed by atoms with Crippen LogP contribution in [0.4, 0.5) is 0 Å². The van der Waals surface area contributed by atoms with Crippen molar-refractivity contribution in [1.29, 1.82) is 10.5 Å². The second kappa shape index (κ2) is 41.6. The number of hydrogen-bond acceptors (Lipinski definition) is 24. The summed E-state index contributed by atoms with van der Waals surface area (Å²) in [5.74, 6) is -2.10. The van der Waals surface area contributed by atoms with Gasteiger partial charge in [-0.1, -0.05) is 70.8 Å². The first-order valence-electron chi connectivity index (χ1n) is 48.2. The molecule has 0 radical (unpaired) electrons. The highest BCUT2D eigenvalue weighted by Gasteiger charge is 2.46. The molecule has 31 nitrogen and oxygen atoms in total. The molecule has 12 aromatic rings. The molecule has 0 atom stereocenters. The average molecular weight is 2090 g/mol. The van der Waals surface area contributed by atoms with Gasteiger partial charge >= 0.3 is 11.9 Å². The number of nitriles is 2. The molecule has 4 saturated heterocycles. The molecule has 0 unspecified atom stereocenters. The third-order valence-corrected chi connectivity index (χ3v) is 42.7. The first-order valence-corrected chi connectivity index (χ1v) is 58.5. The van der Waals surface area contributed by atoms with E-state index in [2.05, 4.69) is 5.32 Å². The molecule has 144 heavy (non-hydrogen) atoms. The minimum atomic E-state index is -4.22. The van der Waals surface area contributed by atoms with Crippen molar-refractivity contribution in [2.24, 2.45) is 0 Å². The lowest BCUT2D eigenvalue weighted by molar-refractivity contribution is 0.0584. The minimum Gasteiger partial charge on any atom is -0.464 e. The van der Waals surface area contributed by atoms with Gasteiger partial charge in [0.1, 0.15) is 40.8 Å². The van der Waals surface area contributed by atoms with Gasteiger partial charge in [-0.05, 0) is 348 Å². The number of benzene rings is 8. The molecule has 8 heterocycles. The first kappa shape index (κ1) is 105. The van der Waals surface area contributed by atoms with Crippen LogP contribution in [0.5, 0.6) is 0 Å². The van der Waals surface area contributed by atoms with Gasteiger partial charge in [0.05, 0.1) is 77.7 Å². The van der Waals surface area contributed by atoms with Crippen molar-refractivity contribution in [2.45, 2.75) is 211 Å². The van der Waals surface area contributed by atoms with Crippen LogP contribution >= 0.6 is 0 Å². The standard InChI is InChI=1S/C30H34N4O5S2.C27H29N3O5S2.C26H30N2O6S2.C23H26N2O4S/c1-20-5-7-26(8-6-20)41(38,39)34-28-17-27(22-11-13-33(14-12-22)40(36,37)25-9-10-25)21(2)15-23(28)16-29(34)30(35)24(18-31)19-32(3)4;1-18-3-5-23(6-4-18)37(34,35)30-25-17-24(19(2)15-21(25)16-26(30)27(31)9-12-28)20-10-13-29(14-11-20)36(32,33)22-7-8-22;1-17-4-6-22(7-5-17)36(32,33)28-24-16-23(18(2)14-20(24)15-25(28)26(29)34-3)19-10-12-27(13-11-19)35(30,31)21-8-9-21;1-15-4-6-19(7-5-15)30(27,28)25-21-14-20(17-8-10-24-11-9-17)16(2)12-18(21)13-22(25)23(26)29-3/h5-8,15-17,19,22,25H,9-14H2,1-4H3;3-6,15-17,20,22H,7-11,13-14H2,1-2H3;4-7,14-16,19,21H,8-13H2,1-3H3;4-7,12-14,17,24H,8-11H2,1-3H3/b24-19+;;;. The molecule has 760 valence electrons. The summed E-state index contributed by atoms with van der Waals surface area (Å²) in [6.45, 7) is 19.9. The van der Waals surface area contributed by atoms with Gasteiger partial charge in [0.2, 0.25) is 35.9 Å². The summed E-state index contributed by atoms with van der Waals surface area (Å²) >= 11 is 0. The van der Waals surface area contributed by atoms with Crippen molar-refractivity contribution in [3.63, 3.8) is 0 Å². The molecule has 19 rings (SSSR count). The average Bonchev–Trinajstić information content (AvgIpc) is 1.59. The highest BCUT2D eigenvalue weighted by atomic mass is 32.2. The maximum absolute atomic E-state index is 14.1. The molecule has 4 aliphatic heterocycles. The SMILES string of the molecule is COC(=O)c1cc2cc(C)c(C3CCN(S(=O)(=O)C4CC4)CC3)cc2n1S(=O)(=O)c1ccc(C)cc1.COC(=O)c1cc2cc(C)c(C3CCNCC3)cc2n1S(=O)(=O)c1ccc(C)cc1.Cc1ccc(S(=O)(=O)n2c(C(=O)/C(C#N)=C/N(C)C)cc3cc(C)c(C4CCN(S(=O)(=O)C5CC5)CC4)cc32)cc1.Cc1ccc(S(=O)(=O)n2c(C(=O)CC#N)cc3cc(C)c(C4CCN(S(=O)(=O)C5CC5)CC4)cc32)cc1. The predicted molar refractivity (Wildman–Crippen MR) is 552 cm³/mol. The number of Topliss-reactive ketones (excluding diaryl/α,β-unsaturated/α-hetero) is 2. The lowest BCUT2D eigenvalue weighted by Crippen LogP contribution is -2.39. The minimum absolute atomic E-state index is 0.00920. The summed E-state index contributed by atoms with van der Waals surface area (Å²) in [5, 5.41) is 24.0. The first-order chi connectivity index (χ1) is 68.2. The van der Waals surface area contributed by atoms with Crippen LogP contribution in [-0.2, 0) is 79.6 Å². The lowest BCUT2D eigenvalue weighted by atomic mass is 9.87. The molecule has 3 aliphatic carbocycles. The maximum atomic E-state index is 14.1. The van der Waals surface area contributed by atoms with E-state index in [1.165, 1.54) is 62.9 Å². The van der Waals surface area contributed by atoms with Crippen molar-refractivity contribution in [2.75, 3.05) is 80.7 Å². The molecule has 0 spiro atoms. The number of methoxy groups -OCH3 is 2. The number of hydrogen-bond donors (Lipinski definition) is 1. The normalized spacial score (nSPS) is 17.2. The van der Waals surface area contributed by atoms with E-state index >= 15 is 0 Å². The summed E-state index contributed by atoms with van der Waals surface area (Å²) < 4.78 is 206. The number of allylic oxidation sites excluding steroid dienone is 1. The Morgan fingerprint density at radius 3 is 0.854 bits per heavy atom. The van der Waals surface area contributed by atoms with Crippen LogP contribution in [0.15, 0.2) is 201 Å². The van der Waals surface area contributed by atoms with E-state index < -0.39 is 100 Å². The van der Waals surface area contributed by atoms with Gasteiger partial charge in [-0.3, -0.25) is 9.59 Å². The molecular weight excluding hydrogens is 1970 g/mol.